The van der Waals surface area contributed by atoms with Gasteiger partial charge in [0.25, 0.3) is 0 Å². The Bertz CT molecular complexity index is 414. The van der Waals surface area contributed by atoms with E-state index in [2.05, 4.69) is 22.9 Å². The topological polar surface area (TPSA) is 56.3 Å². The van der Waals surface area contributed by atoms with Gasteiger partial charge in [0.2, 0.25) is 0 Å². The van der Waals surface area contributed by atoms with Crippen LogP contribution in [0.5, 0.6) is 0 Å². The third-order valence-corrected chi connectivity index (χ3v) is 3.05. The standard InChI is InChI=1S/C12H16N4/c1-15-5-7-16(8-6-15)11-4-2-3-10(9-13)12(11)14/h2-4H,5-8,14H2,1H3. The average Bonchev–Trinajstić information content (AvgIpc) is 2.31. The van der Waals surface area contributed by atoms with Crippen molar-refractivity contribution in [2.24, 2.45) is 0 Å². The van der Waals surface area contributed by atoms with Gasteiger partial charge in [-0.3, -0.25) is 0 Å². The van der Waals surface area contributed by atoms with Gasteiger partial charge in [-0.25, -0.2) is 0 Å². The van der Waals surface area contributed by atoms with Crippen LogP contribution in [0.15, 0.2) is 18.2 Å². The van der Waals surface area contributed by atoms with Gasteiger partial charge in [-0.1, -0.05) is 6.07 Å². The molecule has 4 heteroatoms. The summed E-state index contributed by atoms with van der Waals surface area (Å²) in [5.41, 5.74) is 8.15. The van der Waals surface area contributed by atoms with Crippen molar-refractivity contribution >= 4 is 11.4 Å². The van der Waals surface area contributed by atoms with E-state index in [9.17, 15) is 0 Å². The summed E-state index contributed by atoms with van der Waals surface area (Å²) in [6.07, 6.45) is 0. The van der Waals surface area contributed by atoms with Crippen molar-refractivity contribution in [2.45, 2.75) is 0 Å². The van der Waals surface area contributed by atoms with E-state index in [1.165, 1.54) is 0 Å². The number of nitrogens with zero attached hydrogens (tertiary/aromatic N) is 3. The quantitative estimate of drug-likeness (QED) is 0.708. The smallest absolute Gasteiger partial charge is 0.101 e. The molecule has 1 aliphatic rings. The third kappa shape index (κ3) is 1.95. The highest BCUT2D eigenvalue weighted by molar-refractivity contribution is 5.74. The highest BCUT2D eigenvalue weighted by Crippen LogP contribution is 2.26. The Kier molecular flexibility index (Phi) is 2.97. The second-order valence-electron chi connectivity index (χ2n) is 4.14. The Morgan fingerprint density at radius 2 is 1.94 bits per heavy atom. The molecule has 0 spiro atoms. The van der Waals surface area contributed by atoms with Gasteiger partial charge >= 0.3 is 0 Å². The van der Waals surface area contributed by atoms with Gasteiger partial charge in [-0.05, 0) is 19.2 Å². The minimum atomic E-state index is 0.566. The van der Waals surface area contributed by atoms with Crippen molar-refractivity contribution < 1.29 is 0 Å². The number of para-hydroxylation sites is 1. The van der Waals surface area contributed by atoms with Crippen LogP contribution >= 0.6 is 0 Å². The lowest BCUT2D eigenvalue weighted by Gasteiger charge is -2.34. The second-order valence-corrected chi connectivity index (χ2v) is 4.14. The first-order valence-corrected chi connectivity index (χ1v) is 5.44. The van der Waals surface area contributed by atoms with E-state index in [0.717, 1.165) is 31.9 Å². The van der Waals surface area contributed by atoms with Crippen molar-refractivity contribution in [1.29, 1.82) is 5.26 Å². The molecule has 0 saturated carbocycles. The normalized spacial score (nSPS) is 17.1. The molecule has 1 heterocycles. The number of anilines is 2. The lowest BCUT2D eigenvalue weighted by atomic mass is 10.1. The maximum atomic E-state index is 8.93. The first-order valence-electron chi connectivity index (χ1n) is 5.44. The number of rotatable bonds is 1. The SMILES string of the molecule is CN1CCN(c2cccc(C#N)c2N)CC1. The number of nitrogens with two attached hydrogens (primary N) is 1. The van der Waals surface area contributed by atoms with Crippen LogP contribution in [-0.4, -0.2) is 38.1 Å². The van der Waals surface area contributed by atoms with E-state index in [1.807, 2.05) is 12.1 Å². The molecule has 0 aromatic heterocycles. The maximum Gasteiger partial charge on any atom is 0.101 e. The minimum Gasteiger partial charge on any atom is -0.396 e. The Hall–Kier alpha value is -1.73. The van der Waals surface area contributed by atoms with E-state index < -0.39 is 0 Å². The Labute approximate surface area is 95.9 Å². The number of likely N-dealkylation sites (N-methyl/N-ethyl adjacent to an activating group) is 1. The zero-order chi connectivity index (χ0) is 11.5. The fourth-order valence-electron chi connectivity index (χ4n) is 1.97. The molecular weight excluding hydrogens is 200 g/mol. The summed E-state index contributed by atoms with van der Waals surface area (Å²) in [7, 11) is 2.12. The molecule has 0 atom stereocenters. The minimum absolute atomic E-state index is 0.566. The highest BCUT2D eigenvalue weighted by Gasteiger charge is 2.17. The van der Waals surface area contributed by atoms with Crippen LogP contribution in [0.3, 0.4) is 0 Å². The molecular formula is C12H16N4. The van der Waals surface area contributed by atoms with Gasteiger partial charge in [0.15, 0.2) is 0 Å². The van der Waals surface area contributed by atoms with E-state index in [4.69, 9.17) is 11.0 Å². The van der Waals surface area contributed by atoms with Crippen LogP contribution in [0.4, 0.5) is 11.4 Å². The van der Waals surface area contributed by atoms with Gasteiger partial charge in [0.05, 0.1) is 16.9 Å². The van der Waals surface area contributed by atoms with E-state index in [1.54, 1.807) is 6.07 Å². The zero-order valence-corrected chi connectivity index (χ0v) is 9.48. The molecule has 16 heavy (non-hydrogen) atoms. The molecule has 84 valence electrons. The van der Waals surface area contributed by atoms with E-state index >= 15 is 0 Å². The second kappa shape index (κ2) is 4.42. The molecule has 1 saturated heterocycles. The summed E-state index contributed by atoms with van der Waals surface area (Å²) in [5.74, 6) is 0. The fraction of sp³-hybridized carbons (Fsp3) is 0.417. The van der Waals surface area contributed by atoms with Gasteiger partial charge in [-0.15, -0.1) is 0 Å². The lowest BCUT2D eigenvalue weighted by Crippen LogP contribution is -2.44. The summed E-state index contributed by atoms with van der Waals surface area (Å²) in [4.78, 5) is 4.54. The maximum absolute atomic E-state index is 8.93. The average molecular weight is 216 g/mol. The molecule has 1 aliphatic heterocycles. The molecule has 2 N–H and O–H groups in total. The zero-order valence-electron chi connectivity index (χ0n) is 9.48. The van der Waals surface area contributed by atoms with Gasteiger partial charge in [0.1, 0.15) is 6.07 Å². The monoisotopic (exact) mass is 216 g/mol. The fourth-order valence-corrected chi connectivity index (χ4v) is 1.97. The molecule has 0 bridgehead atoms. The van der Waals surface area contributed by atoms with Crippen molar-refractivity contribution in [2.75, 3.05) is 43.9 Å². The van der Waals surface area contributed by atoms with Gasteiger partial charge in [-0.2, -0.15) is 5.26 Å². The molecule has 0 unspecified atom stereocenters. The van der Waals surface area contributed by atoms with Crippen molar-refractivity contribution in [3.05, 3.63) is 23.8 Å². The Balaban J connectivity index is 2.24. The number of hydrogen-bond acceptors (Lipinski definition) is 4. The predicted molar refractivity (Wildman–Crippen MR) is 65.3 cm³/mol. The summed E-state index contributed by atoms with van der Waals surface area (Å²) < 4.78 is 0. The van der Waals surface area contributed by atoms with Crippen LogP contribution in [0.1, 0.15) is 5.56 Å². The molecule has 4 nitrogen and oxygen atoms in total. The van der Waals surface area contributed by atoms with E-state index in [-0.39, 0.29) is 0 Å². The van der Waals surface area contributed by atoms with Crippen molar-refractivity contribution in [1.82, 2.24) is 4.90 Å². The summed E-state index contributed by atoms with van der Waals surface area (Å²) in [6, 6.07) is 7.76. The molecule has 1 aromatic rings. The van der Waals surface area contributed by atoms with E-state index in [0.29, 0.717) is 11.3 Å². The van der Waals surface area contributed by atoms with Crippen LogP contribution in [0.2, 0.25) is 0 Å². The molecule has 0 amide bonds. The molecule has 0 radical (unpaired) electrons. The number of hydrogen-bond donors (Lipinski definition) is 1. The Morgan fingerprint density at radius 3 is 2.56 bits per heavy atom. The molecule has 2 rings (SSSR count). The number of piperazine rings is 1. The number of benzene rings is 1. The first-order chi connectivity index (χ1) is 7.72. The summed E-state index contributed by atoms with van der Waals surface area (Å²) in [6.45, 7) is 4.01. The summed E-state index contributed by atoms with van der Waals surface area (Å²) >= 11 is 0. The first kappa shape index (κ1) is 10.8. The van der Waals surface area contributed by atoms with Gasteiger partial charge < -0.3 is 15.5 Å². The Morgan fingerprint density at radius 1 is 1.25 bits per heavy atom. The van der Waals surface area contributed by atoms with Crippen LogP contribution in [-0.2, 0) is 0 Å². The molecule has 1 fully saturated rings. The van der Waals surface area contributed by atoms with Crippen LogP contribution in [0, 0.1) is 11.3 Å². The third-order valence-electron chi connectivity index (χ3n) is 3.05. The van der Waals surface area contributed by atoms with Crippen molar-refractivity contribution in [3.8, 4) is 6.07 Å². The number of nitrogen functional groups attached to an aromatic ring is 1. The van der Waals surface area contributed by atoms with Crippen LogP contribution < -0.4 is 10.6 Å². The largest absolute Gasteiger partial charge is 0.396 e. The lowest BCUT2D eigenvalue weighted by molar-refractivity contribution is 0.313. The van der Waals surface area contributed by atoms with Gasteiger partial charge in [0, 0.05) is 26.2 Å². The predicted octanol–water partition coefficient (Wildman–Crippen LogP) is 0.892. The van der Waals surface area contributed by atoms with Crippen molar-refractivity contribution in [3.63, 3.8) is 0 Å². The molecule has 1 aromatic carbocycles. The molecule has 0 aliphatic carbocycles. The number of nitriles is 1. The highest BCUT2D eigenvalue weighted by atomic mass is 15.2. The summed E-state index contributed by atoms with van der Waals surface area (Å²) in [5, 5.41) is 8.93. The van der Waals surface area contributed by atoms with Crippen LogP contribution in [0.25, 0.3) is 0 Å².